The maximum atomic E-state index is 11.9. The van der Waals surface area contributed by atoms with E-state index in [1.807, 2.05) is 14.1 Å². The predicted octanol–water partition coefficient (Wildman–Crippen LogP) is 3.15. The highest BCUT2D eigenvalue weighted by molar-refractivity contribution is 7.90. The molecule has 8 nitrogen and oxygen atoms in total. The number of rotatable bonds is 6. The summed E-state index contributed by atoms with van der Waals surface area (Å²) in [6.45, 7) is 1.76. The minimum Gasteiger partial charge on any atom is -0.382 e. The number of sulfone groups is 1. The van der Waals surface area contributed by atoms with E-state index in [-0.39, 0.29) is 10.9 Å². The van der Waals surface area contributed by atoms with Crippen LogP contribution in [0.4, 0.5) is 22.7 Å². The smallest absolute Gasteiger partial charge is 0.288 e. The molecule has 0 unspecified atom stereocenters. The Morgan fingerprint density at radius 2 is 1.72 bits per heavy atom. The number of nitro benzene ring substituents is 1. The van der Waals surface area contributed by atoms with Gasteiger partial charge in [-0.1, -0.05) is 0 Å². The fourth-order valence-corrected chi connectivity index (χ4v) is 4.39. The van der Waals surface area contributed by atoms with E-state index < -0.39 is 20.4 Å². The number of hydrogen-bond donors (Lipinski definition) is 1. The molecule has 1 fully saturated rings. The van der Waals surface area contributed by atoms with Crippen LogP contribution in [0.1, 0.15) is 12.8 Å². The quantitative estimate of drug-likeness (QED) is 0.569. The summed E-state index contributed by atoms with van der Waals surface area (Å²) in [6.07, 6.45) is 2.76. The lowest BCUT2D eigenvalue weighted by atomic mass is 10.0. The van der Waals surface area contributed by atoms with Crippen molar-refractivity contribution in [3.8, 4) is 0 Å². The molecule has 0 amide bonds. The summed E-state index contributed by atoms with van der Waals surface area (Å²) < 4.78 is 23.9. The molecule has 2 aromatic rings. The van der Waals surface area contributed by atoms with Crippen molar-refractivity contribution in [1.82, 2.24) is 0 Å². The van der Waals surface area contributed by atoms with Gasteiger partial charge >= 0.3 is 0 Å². The van der Waals surface area contributed by atoms with Gasteiger partial charge in [-0.2, -0.15) is 0 Å². The first-order valence-electron chi connectivity index (χ1n) is 9.42. The Labute approximate surface area is 171 Å². The molecule has 0 radical (unpaired) electrons. The summed E-state index contributed by atoms with van der Waals surface area (Å²) in [5.41, 5.74) is 2.53. The van der Waals surface area contributed by atoms with Crippen molar-refractivity contribution in [2.45, 2.75) is 23.8 Å². The van der Waals surface area contributed by atoms with E-state index in [0.29, 0.717) is 5.69 Å². The summed E-state index contributed by atoms with van der Waals surface area (Å²) in [5, 5.41) is 14.4. The minimum absolute atomic E-state index is 0.182. The van der Waals surface area contributed by atoms with Crippen LogP contribution in [0.5, 0.6) is 0 Å². The summed E-state index contributed by atoms with van der Waals surface area (Å²) >= 11 is 0. The van der Waals surface area contributed by atoms with Gasteiger partial charge in [0, 0.05) is 62.6 Å². The molecule has 0 spiro atoms. The molecule has 9 heteroatoms. The Balaban J connectivity index is 1.65. The molecule has 156 valence electrons. The summed E-state index contributed by atoms with van der Waals surface area (Å²) in [7, 11) is 0.337. The Morgan fingerprint density at radius 1 is 1.10 bits per heavy atom. The van der Waals surface area contributed by atoms with Crippen LogP contribution < -0.4 is 15.1 Å². The number of hydrogen-bond acceptors (Lipinski definition) is 7. The van der Waals surface area contributed by atoms with Gasteiger partial charge in [0.2, 0.25) is 0 Å². The van der Waals surface area contributed by atoms with Gasteiger partial charge in [-0.15, -0.1) is 0 Å². The lowest BCUT2D eigenvalue weighted by molar-refractivity contribution is -0.387. The van der Waals surface area contributed by atoms with Crippen molar-refractivity contribution in [3.05, 3.63) is 52.6 Å². The largest absolute Gasteiger partial charge is 0.382 e. The van der Waals surface area contributed by atoms with E-state index in [0.717, 1.165) is 37.9 Å². The SMILES string of the molecule is CN(C)c1ccc(N2CCC(Nc3ccc([N+](=O)[O-])c(S(C)(=O)=O)c3)CC2)cc1. The third-order valence-corrected chi connectivity index (χ3v) is 6.28. The fraction of sp³-hybridized carbons (Fsp3) is 0.400. The van der Waals surface area contributed by atoms with Crippen LogP contribution in [-0.2, 0) is 9.84 Å². The minimum atomic E-state index is -3.69. The van der Waals surface area contributed by atoms with Crippen LogP contribution in [0.3, 0.4) is 0 Å². The molecular formula is C20H26N4O4S. The number of nitrogens with one attached hydrogen (secondary N) is 1. The van der Waals surface area contributed by atoms with Gasteiger partial charge in [0.1, 0.15) is 4.90 Å². The second-order valence-electron chi connectivity index (χ2n) is 7.53. The van der Waals surface area contributed by atoms with Gasteiger partial charge in [-0.3, -0.25) is 10.1 Å². The standard InChI is InChI=1S/C20H26N4O4S/c1-22(2)17-5-7-18(8-6-17)23-12-10-15(11-13-23)21-16-4-9-19(24(25)26)20(14-16)29(3,27)28/h4-9,14-15,21H,10-13H2,1-3H3. The van der Waals surface area contributed by atoms with E-state index >= 15 is 0 Å². The van der Waals surface area contributed by atoms with Gasteiger partial charge in [-0.25, -0.2) is 8.42 Å². The van der Waals surface area contributed by atoms with E-state index in [1.54, 1.807) is 6.07 Å². The number of anilines is 3. The zero-order chi connectivity index (χ0) is 21.2. The van der Waals surface area contributed by atoms with E-state index in [4.69, 9.17) is 0 Å². The molecule has 0 atom stereocenters. The van der Waals surface area contributed by atoms with Gasteiger partial charge in [0.25, 0.3) is 5.69 Å². The zero-order valence-corrected chi connectivity index (χ0v) is 17.6. The number of benzene rings is 2. The number of nitro groups is 1. The van der Waals surface area contributed by atoms with Crippen molar-refractivity contribution in [2.75, 3.05) is 48.6 Å². The topological polar surface area (TPSA) is 95.8 Å². The van der Waals surface area contributed by atoms with E-state index in [2.05, 4.69) is 39.4 Å². The van der Waals surface area contributed by atoms with Crippen LogP contribution >= 0.6 is 0 Å². The molecule has 0 aromatic heterocycles. The fourth-order valence-electron chi connectivity index (χ4n) is 3.53. The third-order valence-electron chi connectivity index (χ3n) is 5.15. The van der Waals surface area contributed by atoms with Crippen LogP contribution in [0, 0.1) is 10.1 Å². The van der Waals surface area contributed by atoms with Crippen LogP contribution in [-0.4, -0.2) is 52.8 Å². The summed E-state index contributed by atoms with van der Waals surface area (Å²) in [4.78, 5) is 14.6. The predicted molar refractivity (Wildman–Crippen MR) is 116 cm³/mol. The van der Waals surface area contributed by atoms with Crippen LogP contribution in [0.2, 0.25) is 0 Å². The number of piperidine rings is 1. The van der Waals surface area contributed by atoms with E-state index in [1.165, 1.54) is 17.8 Å². The van der Waals surface area contributed by atoms with Gasteiger partial charge in [0.15, 0.2) is 9.84 Å². The second-order valence-corrected chi connectivity index (χ2v) is 9.51. The molecule has 29 heavy (non-hydrogen) atoms. The average Bonchev–Trinajstić information content (AvgIpc) is 2.68. The Morgan fingerprint density at radius 3 is 2.24 bits per heavy atom. The monoisotopic (exact) mass is 418 g/mol. The molecular weight excluding hydrogens is 392 g/mol. The highest BCUT2D eigenvalue weighted by atomic mass is 32.2. The Hall–Kier alpha value is -2.81. The first kappa shape index (κ1) is 20.9. The Kier molecular flexibility index (Phi) is 5.97. The highest BCUT2D eigenvalue weighted by Gasteiger charge is 2.24. The maximum absolute atomic E-state index is 11.9. The van der Waals surface area contributed by atoms with Crippen molar-refractivity contribution in [2.24, 2.45) is 0 Å². The molecule has 1 heterocycles. The summed E-state index contributed by atoms with van der Waals surface area (Å²) in [6, 6.07) is 12.8. The van der Waals surface area contributed by atoms with Crippen LogP contribution in [0.25, 0.3) is 0 Å². The number of nitrogens with zero attached hydrogens (tertiary/aromatic N) is 3. The van der Waals surface area contributed by atoms with Gasteiger partial charge in [-0.05, 0) is 49.2 Å². The molecule has 0 bridgehead atoms. The molecule has 1 N–H and O–H groups in total. The zero-order valence-electron chi connectivity index (χ0n) is 16.8. The molecule has 0 saturated carbocycles. The maximum Gasteiger partial charge on any atom is 0.288 e. The lowest BCUT2D eigenvalue weighted by Gasteiger charge is -2.34. The highest BCUT2D eigenvalue weighted by Crippen LogP contribution is 2.29. The lowest BCUT2D eigenvalue weighted by Crippen LogP contribution is -2.39. The van der Waals surface area contributed by atoms with E-state index in [9.17, 15) is 18.5 Å². The molecule has 3 rings (SSSR count). The van der Waals surface area contributed by atoms with Crippen molar-refractivity contribution < 1.29 is 13.3 Å². The first-order valence-corrected chi connectivity index (χ1v) is 11.3. The Bertz CT molecular complexity index is 982. The second kappa shape index (κ2) is 8.28. The normalized spacial score (nSPS) is 15.2. The molecule has 0 aliphatic carbocycles. The van der Waals surface area contributed by atoms with Gasteiger partial charge in [0.05, 0.1) is 4.92 Å². The average molecular weight is 419 g/mol. The first-order chi connectivity index (χ1) is 13.6. The summed E-state index contributed by atoms with van der Waals surface area (Å²) in [5.74, 6) is 0. The van der Waals surface area contributed by atoms with Crippen LogP contribution in [0.15, 0.2) is 47.4 Å². The molecule has 2 aromatic carbocycles. The molecule has 1 saturated heterocycles. The van der Waals surface area contributed by atoms with Gasteiger partial charge < -0.3 is 15.1 Å². The third kappa shape index (κ3) is 4.97. The van der Waals surface area contributed by atoms with Crippen molar-refractivity contribution in [3.63, 3.8) is 0 Å². The van der Waals surface area contributed by atoms with Crippen molar-refractivity contribution >= 4 is 32.6 Å². The molecule has 1 aliphatic heterocycles. The molecule has 1 aliphatic rings. The van der Waals surface area contributed by atoms with Crippen molar-refractivity contribution in [1.29, 1.82) is 0 Å².